The van der Waals surface area contributed by atoms with Crippen LogP contribution in [0.3, 0.4) is 0 Å². The summed E-state index contributed by atoms with van der Waals surface area (Å²) in [5.41, 5.74) is 5.28. The van der Waals surface area contributed by atoms with E-state index in [1.165, 1.54) is 11.8 Å². The number of benzene rings is 2. The largest absolute Gasteiger partial charge is 0.399 e. The average Bonchev–Trinajstić information content (AvgIpc) is 2.57. The van der Waals surface area contributed by atoms with Gasteiger partial charge in [0.05, 0.1) is 10.6 Å². The highest BCUT2D eigenvalue weighted by Crippen LogP contribution is 2.31. The van der Waals surface area contributed by atoms with Crippen LogP contribution in [0, 0.1) is 0 Å². The van der Waals surface area contributed by atoms with Crippen molar-refractivity contribution in [2.45, 2.75) is 17.7 Å². The first-order valence-corrected chi connectivity index (χ1v) is 9.58. The minimum absolute atomic E-state index is 0.319. The van der Waals surface area contributed by atoms with Crippen molar-refractivity contribution in [3.05, 3.63) is 65.2 Å². The molecular weight excluding hydrogens is 322 g/mol. The van der Waals surface area contributed by atoms with Gasteiger partial charge >= 0.3 is 0 Å². The third kappa shape index (κ3) is 3.41. The van der Waals surface area contributed by atoms with E-state index in [1.54, 1.807) is 19.2 Å². The van der Waals surface area contributed by atoms with Gasteiger partial charge in [-0.25, -0.2) is 8.42 Å². The van der Waals surface area contributed by atoms with Crippen molar-refractivity contribution in [3.8, 4) is 0 Å². The first kappa shape index (κ1) is 16.5. The predicted octanol–water partition coefficient (Wildman–Crippen LogP) is 3.58. The van der Waals surface area contributed by atoms with Gasteiger partial charge in [-0.1, -0.05) is 41.6 Å². The van der Waals surface area contributed by atoms with Gasteiger partial charge in [0.15, 0.2) is 9.84 Å². The number of fused-ring (bicyclic) bond motifs is 1. The Morgan fingerprint density at radius 1 is 1.04 bits per heavy atom. The van der Waals surface area contributed by atoms with E-state index in [4.69, 9.17) is 4.84 Å². The van der Waals surface area contributed by atoms with Crippen molar-refractivity contribution < 1.29 is 13.3 Å². The molecule has 2 aromatic carbocycles. The summed E-state index contributed by atoms with van der Waals surface area (Å²) in [5, 5.41) is 4.17. The molecule has 5 heteroatoms. The molecule has 1 aliphatic rings. The summed E-state index contributed by atoms with van der Waals surface area (Å²) in [4.78, 5) is 5.31. The number of oxime groups is 1. The van der Waals surface area contributed by atoms with E-state index in [9.17, 15) is 8.42 Å². The van der Waals surface area contributed by atoms with Gasteiger partial charge in [-0.2, -0.15) is 0 Å². The second-order valence-corrected chi connectivity index (χ2v) is 7.79. The zero-order valence-corrected chi connectivity index (χ0v) is 14.5. The van der Waals surface area contributed by atoms with E-state index in [0.717, 1.165) is 35.3 Å². The zero-order chi connectivity index (χ0) is 17.2. The molecule has 0 saturated heterocycles. The van der Waals surface area contributed by atoms with Crippen LogP contribution in [-0.4, -0.2) is 27.5 Å². The summed E-state index contributed by atoms with van der Waals surface area (Å²) < 4.78 is 23.2. The molecule has 0 aliphatic heterocycles. The molecule has 0 N–H and O–H groups in total. The molecule has 0 heterocycles. The third-order valence-corrected chi connectivity index (χ3v) is 5.20. The topological polar surface area (TPSA) is 55.7 Å². The maximum atomic E-state index is 11.6. The molecule has 0 fully saturated rings. The highest BCUT2D eigenvalue weighted by atomic mass is 32.2. The number of hydrogen-bond acceptors (Lipinski definition) is 4. The summed E-state index contributed by atoms with van der Waals surface area (Å²) in [7, 11) is -1.64. The quantitative estimate of drug-likeness (QED) is 0.802. The van der Waals surface area contributed by atoms with Crippen molar-refractivity contribution in [2.75, 3.05) is 13.4 Å². The molecule has 0 aromatic heterocycles. The molecule has 2 aromatic rings. The standard InChI is InChI=1S/C19H19NO3S/c1-23-20-19-12-9-15-5-3-4-6-17(15)18(19)13-14-7-10-16(11-8-14)24(2,21)22/h3-8,10-11,13H,9,12H2,1-2H3. The Bertz CT molecular complexity index is 910. The molecule has 0 spiro atoms. The minimum Gasteiger partial charge on any atom is -0.399 e. The lowest BCUT2D eigenvalue weighted by Crippen LogP contribution is -2.13. The fourth-order valence-electron chi connectivity index (χ4n) is 2.89. The molecule has 124 valence electrons. The van der Waals surface area contributed by atoms with Crippen LogP contribution >= 0.6 is 0 Å². The summed E-state index contributed by atoms with van der Waals surface area (Å²) in [6, 6.07) is 15.1. The first-order chi connectivity index (χ1) is 11.5. The van der Waals surface area contributed by atoms with E-state index in [0.29, 0.717) is 4.90 Å². The molecule has 0 atom stereocenters. The first-order valence-electron chi connectivity index (χ1n) is 7.69. The molecular formula is C19H19NO3S. The van der Waals surface area contributed by atoms with Crippen molar-refractivity contribution in [2.24, 2.45) is 5.16 Å². The number of rotatable bonds is 3. The number of nitrogens with zero attached hydrogens (tertiary/aromatic N) is 1. The molecule has 1 aliphatic carbocycles. The Morgan fingerprint density at radius 2 is 1.75 bits per heavy atom. The predicted molar refractivity (Wildman–Crippen MR) is 96.6 cm³/mol. The molecule has 0 bridgehead atoms. The van der Waals surface area contributed by atoms with E-state index in [1.807, 2.05) is 30.3 Å². The van der Waals surface area contributed by atoms with Gasteiger partial charge < -0.3 is 4.84 Å². The van der Waals surface area contributed by atoms with E-state index >= 15 is 0 Å². The van der Waals surface area contributed by atoms with Gasteiger partial charge in [-0.15, -0.1) is 0 Å². The number of hydrogen-bond donors (Lipinski definition) is 0. The molecule has 4 nitrogen and oxygen atoms in total. The highest BCUT2D eigenvalue weighted by molar-refractivity contribution is 7.90. The second-order valence-electron chi connectivity index (χ2n) is 5.78. The van der Waals surface area contributed by atoms with Crippen LogP contribution in [0.1, 0.15) is 23.1 Å². The fraction of sp³-hybridized carbons (Fsp3) is 0.211. The average molecular weight is 341 g/mol. The lowest BCUT2D eigenvalue weighted by atomic mass is 9.85. The second kappa shape index (κ2) is 6.61. The third-order valence-electron chi connectivity index (χ3n) is 4.07. The van der Waals surface area contributed by atoms with E-state index < -0.39 is 9.84 Å². The Hall–Kier alpha value is -2.40. The van der Waals surface area contributed by atoms with Gasteiger partial charge in [-0.05, 0) is 47.7 Å². The molecule has 3 rings (SSSR count). The van der Waals surface area contributed by atoms with Gasteiger partial charge in [-0.3, -0.25) is 0 Å². The lowest BCUT2D eigenvalue weighted by Gasteiger charge is -2.20. The monoisotopic (exact) mass is 341 g/mol. The SMILES string of the molecule is CON=C1CCc2ccccc2C1=Cc1ccc(S(C)(=O)=O)cc1. The minimum atomic E-state index is -3.19. The van der Waals surface area contributed by atoms with Crippen LogP contribution in [0.15, 0.2) is 58.6 Å². The number of sulfone groups is 1. The number of aryl methyl sites for hydroxylation is 1. The maximum absolute atomic E-state index is 11.6. The molecule has 0 saturated carbocycles. The molecule has 0 radical (unpaired) electrons. The van der Waals surface area contributed by atoms with Crippen LogP contribution in [-0.2, 0) is 21.1 Å². The van der Waals surface area contributed by atoms with Gasteiger partial charge in [0.25, 0.3) is 0 Å². The Balaban J connectivity index is 2.07. The van der Waals surface area contributed by atoms with Crippen LogP contribution in [0.5, 0.6) is 0 Å². The lowest BCUT2D eigenvalue weighted by molar-refractivity contribution is 0.213. The van der Waals surface area contributed by atoms with Crippen LogP contribution in [0.2, 0.25) is 0 Å². The van der Waals surface area contributed by atoms with Crippen LogP contribution < -0.4 is 0 Å². The van der Waals surface area contributed by atoms with Crippen molar-refractivity contribution >= 4 is 27.2 Å². The summed E-state index contributed by atoms with van der Waals surface area (Å²) in [6.45, 7) is 0. The van der Waals surface area contributed by atoms with Crippen LogP contribution in [0.25, 0.3) is 11.6 Å². The smallest absolute Gasteiger partial charge is 0.175 e. The van der Waals surface area contributed by atoms with Gasteiger partial charge in [0, 0.05) is 11.8 Å². The Labute approximate surface area is 142 Å². The highest BCUT2D eigenvalue weighted by Gasteiger charge is 2.20. The zero-order valence-electron chi connectivity index (χ0n) is 13.7. The van der Waals surface area contributed by atoms with E-state index in [-0.39, 0.29) is 0 Å². The number of allylic oxidation sites excluding steroid dienone is 1. The van der Waals surface area contributed by atoms with Gasteiger partial charge in [0.2, 0.25) is 0 Å². The van der Waals surface area contributed by atoms with Gasteiger partial charge in [0.1, 0.15) is 7.11 Å². The van der Waals surface area contributed by atoms with Crippen LogP contribution in [0.4, 0.5) is 0 Å². The molecule has 24 heavy (non-hydrogen) atoms. The van der Waals surface area contributed by atoms with Crippen molar-refractivity contribution in [1.82, 2.24) is 0 Å². The Morgan fingerprint density at radius 3 is 2.42 bits per heavy atom. The maximum Gasteiger partial charge on any atom is 0.175 e. The van der Waals surface area contributed by atoms with E-state index in [2.05, 4.69) is 17.3 Å². The fourth-order valence-corrected chi connectivity index (χ4v) is 3.52. The summed E-state index contributed by atoms with van der Waals surface area (Å²) >= 11 is 0. The molecule has 0 unspecified atom stereocenters. The van der Waals surface area contributed by atoms with Crippen molar-refractivity contribution in [1.29, 1.82) is 0 Å². The summed E-state index contributed by atoms with van der Waals surface area (Å²) in [5.74, 6) is 0. The van der Waals surface area contributed by atoms with Crippen molar-refractivity contribution in [3.63, 3.8) is 0 Å². The summed E-state index contributed by atoms with van der Waals surface area (Å²) in [6.07, 6.45) is 4.99. The normalized spacial score (nSPS) is 17.8. The molecule has 0 amide bonds. The Kier molecular flexibility index (Phi) is 4.53.